The minimum atomic E-state index is -2.85. The molecule has 0 fully saturated rings. The van der Waals surface area contributed by atoms with Crippen LogP contribution in [0.4, 0.5) is 0 Å². The van der Waals surface area contributed by atoms with Crippen LogP contribution in [-0.4, -0.2) is 41.9 Å². The Bertz CT molecular complexity index is 258. The molecule has 5 nitrogen and oxygen atoms in total. The lowest BCUT2D eigenvalue weighted by Gasteiger charge is -2.22. The van der Waals surface area contributed by atoms with Crippen molar-refractivity contribution < 1.29 is 23.5 Å². The molecule has 0 aliphatic rings. The lowest BCUT2D eigenvalue weighted by molar-refractivity contribution is -0.137. The molecule has 0 saturated heterocycles. The van der Waals surface area contributed by atoms with Crippen LogP contribution in [0.15, 0.2) is 12.7 Å². The van der Waals surface area contributed by atoms with E-state index >= 15 is 0 Å². The van der Waals surface area contributed by atoms with Crippen LogP contribution in [0.3, 0.4) is 0 Å². The van der Waals surface area contributed by atoms with E-state index in [9.17, 15) is 9.59 Å². The molecule has 0 rings (SSSR count). The van der Waals surface area contributed by atoms with Crippen LogP contribution in [0.5, 0.6) is 0 Å². The van der Waals surface area contributed by atoms with E-state index in [1.54, 1.807) is 6.55 Å². The summed E-state index contributed by atoms with van der Waals surface area (Å²) in [5, 5.41) is 8.70. The fourth-order valence-electron chi connectivity index (χ4n) is 1.55. The highest BCUT2D eigenvalue weighted by molar-refractivity contribution is 6.73. The van der Waals surface area contributed by atoms with Gasteiger partial charge >= 0.3 is 14.5 Å². The van der Waals surface area contributed by atoms with E-state index in [2.05, 4.69) is 6.58 Å². The number of rotatable bonds is 10. The van der Waals surface area contributed by atoms with Crippen LogP contribution in [0.25, 0.3) is 0 Å². The Kier molecular flexibility index (Phi) is 9.20. The quantitative estimate of drug-likeness (QED) is 0.285. The van der Waals surface area contributed by atoms with Crippen molar-refractivity contribution >= 4 is 23.6 Å². The average Bonchev–Trinajstić information content (AvgIpc) is 2.31. The van der Waals surface area contributed by atoms with Crippen LogP contribution in [0.1, 0.15) is 12.8 Å². The summed E-state index contributed by atoms with van der Waals surface area (Å²) in [6.07, 6.45) is 2.37. The molecule has 0 amide bonds. The van der Waals surface area contributed by atoms with Gasteiger partial charge in [-0.2, -0.15) is 0 Å². The molecular weight excluding hydrogens is 268 g/mol. The van der Waals surface area contributed by atoms with Crippen LogP contribution < -0.4 is 0 Å². The van der Waals surface area contributed by atoms with E-state index in [1.165, 1.54) is 0 Å². The summed E-state index contributed by atoms with van der Waals surface area (Å²) >= 11 is 0. The second-order valence-corrected chi connectivity index (χ2v) is 10.3. The first-order valence-electron chi connectivity index (χ1n) is 6.19. The number of aliphatic hydroxyl groups is 1. The van der Waals surface area contributed by atoms with Crippen molar-refractivity contribution in [1.29, 1.82) is 0 Å². The standard InChI is InChI=1S/C11H23O5Si2/c1-4-11(13)15-8-6-9-17(2)16-18(3,14)10-5-7-12/h4,12,17H,1,5-10H2,2-3H3. The molecule has 105 valence electrons. The number of hydrogen-bond donors (Lipinski definition) is 1. The fraction of sp³-hybridized carbons (Fsp3) is 0.727. The highest BCUT2D eigenvalue weighted by Crippen LogP contribution is 2.14. The highest BCUT2D eigenvalue weighted by atomic mass is 28.4. The molecule has 1 N–H and O–H groups in total. The van der Waals surface area contributed by atoms with Crippen molar-refractivity contribution in [3.8, 4) is 0 Å². The molecule has 2 atom stereocenters. The minimum Gasteiger partial charge on any atom is -0.463 e. The van der Waals surface area contributed by atoms with E-state index in [1.807, 2.05) is 6.55 Å². The molecule has 2 unspecified atom stereocenters. The van der Waals surface area contributed by atoms with Gasteiger partial charge in [0.05, 0.1) is 6.61 Å². The van der Waals surface area contributed by atoms with E-state index in [0.717, 1.165) is 18.5 Å². The van der Waals surface area contributed by atoms with Crippen LogP contribution in [0.2, 0.25) is 25.2 Å². The molecule has 0 spiro atoms. The highest BCUT2D eigenvalue weighted by Gasteiger charge is 2.30. The zero-order valence-electron chi connectivity index (χ0n) is 11.2. The van der Waals surface area contributed by atoms with Gasteiger partial charge in [-0.1, -0.05) is 6.58 Å². The molecule has 0 heterocycles. The second kappa shape index (κ2) is 9.45. The van der Waals surface area contributed by atoms with Gasteiger partial charge in [0.1, 0.15) is 0 Å². The lowest BCUT2D eigenvalue weighted by atomic mass is 10.5. The molecule has 0 aliphatic heterocycles. The molecule has 7 heteroatoms. The van der Waals surface area contributed by atoms with Gasteiger partial charge in [-0.25, -0.2) is 4.79 Å². The van der Waals surface area contributed by atoms with Crippen LogP contribution >= 0.6 is 0 Å². The van der Waals surface area contributed by atoms with Gasteiger partial charge in [0.25, 0.3) is 0 Å². The number of ether oxygens (including phenoxy) is 1. The normalized spacial score (nSPS) is 15.8. The van der Waals surface area contributed by atoms with Gasteiger partial charge in [-0.3, -0.25) is 4.80 Å². The van der Waals surface area contributed by atoms with Crippen molar-refractivity contribution in [2.75, 3.05) is 13.2 Å². The van der Waals surface area contributed by atoms with Gasteiger partial charge < -0.3 is 14.0 Å². The third kappa shape index (κ3) is 9.54. The SMILES string of the molecule is C=CC(=O)OCCC[SiH](C)O[Si](C)([O])CCCO. The number of esters is 1. The number of aliphatic hydroxyl groups excluding tert-OH is 1. The predicted molar refractivity (Wildman–Crippen MR) is 73.5 cm³/mol. The number of carbonyl (C=O) groups is 1. The fourth-order valence-corrected chi connectivity index (χ4v) is 7.44. The Hall–Kier alpha value is -0.476. The zero-order valence-corrected chi connectivity index (χ0v) is 13.3. The molecule has 0 saturated carbocycles. The van der Waals surface area contributed by atoms with E-state index in [-0.39, 0.29) is 6.61 Å². The summed E-state index contributed by atoms with van der Waals surface area (Å²) in [4.78, 5) is 22.8. The Morgan fingerprint density at radius 1 is 1.50 bits per heavy atom. The Balaban J connectivity index is 3.72. The summed E-state index contributed by atoms with van der Waals surface area (Å²) in [5.74, 6) is -0.420. The first kappa shape index (κ1) is 17.5. The minimum absolute atomic E-state index is 0.0433. The molecule has 0 bridgehead atoms. The predicted octanol–water partition coefficient (Wildman–Crippen LogP) is 1.36. The Morgan fingerprint density at radius 2 is 2.17 bits per heavy atom. The summed E-state index contributed by atoms with van der Waals surface area (Å²) in [7, 11) is -4.34. The van der Waals surface area contributed by atoms with Crippen molar-refractivity contribution in [1.82, 2.24) is 0 Å². The van der Waals surface area contributed by atoms with Gasteiger partial charge in [-0.15, -0.1) is 0 Å². The third-order valence-corrected chi connectivity index (χ3v) is 8.49. The number of hydrogen-bond acceptors (Lipinski definition) is 4. The van der Waals surface area contributed by atoms with Gasteiger partial charge in [0.15, 0.2) is 9.04 Å². The van der Waals surface area contributed by atoms with Crippen LogP contribution in [-0.2, 0) is 18.4 Å². The van der Waals surface area contributed by atoms with Crippen molar-refractivity contribution in [2.45, 2.75) is 38.0 Å². The molecule has 0 aromatic carbocycles. The van der Waals surface area contributed by atoms with E-state index < -0.39 is 23.6 Å². The monoisotopic (exact) mass is 291 g/mol. The van der Waals surface area contributed by atoms with Gasteiger partial charge in [0.2, 0.25) is 0 Å². The molecule has 0 aliphatic carbocycles. The summed E-state index contributed by atoms with van der Waals surface area (Å²) in [6.45, 7) is 7.32. The van der Waals surface area contributed by atoms with E-state index in [4.69, 9.17) is 14.0 Å². The van der Waals surface area contributed by atoms with Crippen molar-refractivity contribution in [3.63, 3.8) is 0 Å². The maximum Gasteiger partial charge on any atom is 0.360 e. The Morgan fingerprint density at radius 3 is 2.72 bits per heavy atom. The third-order valence-electron chi connectivity index (χ3n) is 2.41. The molecule has 0 aromatic rings. The first-order valence-corrected chi connectivity index (χ1v) is 11.2. The Labute approximate surface area is 111 Å². The summed E-state index contributed by atoms with van der Waals surface area (Å²) in [6, 6.07) is 1.26. The lowest BCUT2D eigenvalue weighted by Crippen LogP contribution is -2.38. The van der Waals surface area contributed by atoms with E-state index in [0.29, 0.717) is 19.1 Å². The molecule has 18 heavy (non-hydrogen) atoms. The second-order valence-electron chi connectivity index (χ2n) is 4.40. The molecule has 0 aromatic heterocycles. The smallest absolute Gasteiger partial charge is 0.360 e. The van der Waals surface area contributed by atoms with Crippen molar-refractivity contribution in [3.05, 3.63) is 12.7 Å². The van der Waals surface area contributed by atoms with Crippen LogP contribution in [0, 0.1) is 0 Å². The van der Waals surface area contributed by atoms with Crippen molar-refractivity contribution in [2.24, 2.45) is 0 Å². The largest absolute Gasteiger partial charge is 0.463 e. The number of carbonyl (C=O) groups excluding carboxylic acids is 1. The maximum absolute atomic E-state index is 12.0. The summed E-state index contributed by atoms with van der Waals surface area (Å²) < 4.78 is 10.5. The molecular formula is C11H23O5Si2. The van der Waals surface area contributed by atoms with Gasteiger partial charge in [0, 0.05) is 12.7 Å². The maximum atomic E-state index is 12.0. The zero-order chi connectivity index (χ0) is 14.0. The topological polar surface area (TPSA) is 75.7 Å². The molecule has 1 radical (unpaired) electrons. The first-order chi connectivity index (χ1) is 8.41. The average molecular weight is 291 g/mol. The summed E-state index contributed by atoms with van der Waals surface area (Å²) in [5.41, 5.74) is 0. The van der Waals surface area contributed by atoms with Gasteiger partial charge in [-0.05, 0) is 38.0 Å².